The normalized spacial score (nSPS) is 17.8. The molecule has 4 rings (SSSR count). The number of nitrogens with zero attached hydrogens (tertiary/aromatic N) is 1. The maximum Gasteiger partial charge on any atom is 0.303 e. The van der Waals surface area contributed by atoms with E-state index in [0.29, 0.717) is 18.7 Å². The van der Waals surface area contributed by atoms with Gasteiger partial charge in [0.25, 0.3) is 5.91 Å². The molecule has 1 aliphatic heterocycles. The lowest BCUT2D eigenvalue weighted by Crippen LogP contribution is -2.34. The zero-order chi connectivity index (χ0) is 21.1. The Hall–Kier alpha value is -2.93. The van der Waals surface area contributed by atoms with Crippen molar-refractivity contribution >= 4 is 17.7 Å². The molecule has 2 heterocycles. The van der Waals surface area contributed by atoms with Gasteiger partial charge < -0.3 is 19.5 Å². The standard InChI is InChI=1S/C23H26N2O5/c1-15-13-17(3-4-20(15)29-19-6-11-28-12-7-19)18-5-10-24-21(14-18)25-22(27)23(8-9-23)30-16(2)26/h3-5,10,13-14,19H,6-9,11-12H2,1-2H3,(H,24,25,27). The van der Waals surface area contributed by atoms with Crippen molar-refractivity contribution in [2.24, 2.45) is 0 Å². The quantitative estimate of drug-likeness (QED) is 0.732. The number of aryl methyl sites for hydroxylation is 1. The largest absolute Gasteiger partial charge is 0.490 e. The summed E-state index contributed by atoms with van der Waals surface area (Å²) in [6.45, 7) is 4.82. The molecule has 0 bridgehead atoms. The molecule has 158 valence electrons. The van der Waals surface area contributed by atoms with Crippen molar-refractivity contribution in [1.82, 2.24) is 4.98 Å². The Labute approximate surface area is 175 Å². The predicted octanol–water partition coefficient (Wildman–Crippen LogP) is 3.65. The smallest absolute Gasteiger partial charge is 0.303 e. The first-order valence-electron chi connectivity index (χ1n) is 10.3. The molecule has 7 heteroatoms. The molecule has 0 atom stereocenters. The molecule has 1 saturated heterocycles. The third-order valence-corrected chi connectivity index (χ3v) is 5.43. The number of aromatic nitrogens is 1. The minimum absolute atomic E-state index is 0.193. The maximum absolute atomic E-state index is 12.5. The number of nitrogens with one attached hydrogen (secondary N) is 1. The van der Waals surface area contributed by atoms with Crippen LogP contribution in [0.25, 0.3) is 11.1 Å². The van der Waals surface area contributed by atoms with Crippen LogP contribution in [-0.2, 0) is 19.1 Å². The van der Waals surface area contributed by atoms with Gasteiger partial charge in [0.15, 0.2) is 5.60 Å². The van der Waals surface area contributed by atoms with E-state index in [4.69, 9.17) is 14.2 Å². The van der Waals surface area contributed by atoms with Gasteiger partial charge in [-0.25, -0.2) is 4.98 Å². The van der Waals surface area contributed by atoms with Crippen LogP contribution in [0, 0.1) is 6.92 Å². The molecule has 0 unspecified atom stereocenters. The van der Waals surface area contributed by atoms with E-state index in [2.05, 4.69) is 16.4 Å². The summed E-state index contributed by atoms with van der Waals surface area (Å²) in [6, 6.07) is 9.76. The van der Waals surface area contributed by atoms with E-state index in [1.807, 2.05) is 31.2 Å². The van der Waals surface area contributed by atoms with E-state index in [-0.39, 0.29) is 12.0 Å². The molecule has 7 nitrogen and oxygen atoms in total. The highest BCUT2D eigenvalue weighted by molar-refractivity contribution is 6.00. The lowest BCUT2D eigenvalue weighted by atomic mass is 10.0. The first-order valence-corrected chi connectivity index (χ1v) is 10.3. The van der Waals surface area contributed by atoms with Crippen LogP contribution in [0.15, 0.2) is 36.5 Å². The van der Waals surface area contributed by atoms with Crippen LogP contribution in [0.3, 0.4) is 0 Å². The van der Waals surface area contributed by atoms with Crippen LogP contribution in [0.1, 0.15) is 38.2 Å². The van der Waals surface area contributed by atoms with Gasteiger partial charge in [-0.05, 0) is 47.9 Å². The van der Waals surface area contributed by atoms with Crippen LogP contribution in [0.2, 0.25) is 0 Å². The molecular weight excluding hydrogens is 384 g/mol. The van der Waals surface area contributed by atoms with Crippen molar-refractivity contribution in [3.05, 3.63) is 42.1 Å². The molecule has 30 heavy (non-hydrogen) atoms. The fourth-order valence-corrected chi connectivity index (χ4v) is 3.61. The topological polar surface area (TPSA) is 86.8 Å². The van der Waals surface area contributed by atoms with Crippen molar-refractivity contribution in [2.75, 3.05) is 18.5 Å². The molecule has 2 aromatic rings. The van der Waals surface area contributed by atoms with E-state index in [0.717, 1.165) is 48.5 Å². The minimum Gasteiger partial charge on any atom is -0.490 e. The molecular formula is C23H26N2O5. The summed E-state index contributed by atoms with van der Waals surface area (Å²) >= 11 is 0. The summed E-state index contributed by atoms with van der Waals surface area (Å²) in [7, 11) is 0. The molecule has 1 saturated carbocycles. The van der Waals surface area contributed by atoms with E-state index in [9.17, 15) is 9.59 Å². The molecule has 2 fully saturated rings. The Kier molecular flexibility index (Phi) is 5.72. The molecule has 2 aliphatic rings. The number of anilines is 1. The van der Waals surface area contributed by atoms with E-state index in [1.54, 1.807) is 6.20 Å². The third kappa shape index (κ3) is 4.62. The molecule has 1 aromatic carbocycles. The summed E-state index contributed by atoms with van der Waals surface area (Å²) in [6.07, 6.45) is 4.72. The van der Waals surface area contributed by atoms with Gasteiger partial charge in [0.2, 0.25) is 0 Å². The number of rotatable bonds is 6. The van der Waals surface area contributed by atoms with Crippen molar-refractivity contribution in [2.45, 2.75) is 51.2 Å². The van der Waals surface area contributed by atoms with Gasteiger partial charge in [-0.3, -0.25) is 9.59 Å². The first kappa shape index (κ1) is 20.3. The molecule has 0 spiro atoms. The Morgan fingerprint density at radius 3 is 2.53 bits per heavy atom. The number of ether oxygens (including phenoxy) is 3. The predicted molar refractivity (Wildman–Crippen MR) is 111 cm³/mol. The number of hydrogen-bond acceptors (Lipinski definition) is 6. The van der Waals surface area contributed by atoms with Gasteiger partial charge in [0.05, 0.1) is 13.2 Å². The number of pyridine rings is 1. The lowest BCUT2D eigenvalue weighted by molar-refractivity contribution is -0.154. The zero-order valence-corrected chi connectivity index (χ0v) is 17.3. The summed E-state index contributed by atoms with van der Waals surface area (Å²) < 4.78 is 16.7. The SMILES string of the molecule is CC(=O)OC1(C(=O)Nc2cc(-c3ccc(OC4CCOCC4)c(C)c3)ccn2)CC1. The highest BCUT2D eigenvalue weighted by Crippen LogP contribution is 2.40. The number of carbonyl (C=O) groups is 2. The van der Waals surface area contributed by atoms with Gasteiger partial charge in [0.1, 0.15) is 17.7 Å². The Balaban J connectivity index is 1.46. The fourth-order valence-electron chi connectivity index (χ4n) is 3.61. The average Bonchev–Trinajstić information content (AvgIpc) is 3.50. The van der Waals surface area contributed by atoms with Crippen LogP contribution in [-0.4, -0.2) is 41.8 Å². The highest BCUT2D eigenvalue weighted by Gasteiger charge is 2.53. The Bertz CT molecular complexity index is 948. The summed E-state index contributed by atoms with van der Waals surface area (Å²) in [5.74, 6) is 0.517. The van der Waals surface area contributed by atoms with Gasteiger partial charge in [-0.2, -0.15) is 0 Å². The van der Waals surface area contributed by atoms with E-state index >= 15 is 0 Å². The van der Waals surface area contributed by atoms with Crippen molar-refractivity contribution < 1.29 is 23.8 Å². The van der Waals surface area contributed by atoms with Crippen LogP contribution >= 0.6 is 0 Å². The monoisotopic (exact) mass is 410 g/mol. The van der Waals surface area contributed by atoms with E-state index < -0.39 is 11.6 Å². The van der Waals surface area contributed by atoms with Gasteiger partial charge >= 0.3 is 5.97 Å². The molecule has 0 radical (unpaired) electrons. The van der Waals surface area contributed by atoms with Gasteiger partial charge in [0, 0.05) is 38.8 Å². The van der Waals surface area contributed by atoms with Crippen molar-refractivity contribution in [3.63, 3.8) is 0 Å². The highest BCUT2D eigenvalue weighted by atomic mass is 16.6. The number of amides is 1. The fraction of sp³-hybridized carbons (Fsp3) is 0.435. The third-order valence-electron chi connectivity index (χ3n) is 5.43. The average molecular weight is 410 g/mol. The van der Waals surface area contributed by atoms with E-state index in [1.165, 1.54) is 6.92 Å². The molecule has 1 amide bonds. The second-order valence-corrected chi connectivity index (χ2v) is 7.88. The van der Waals surface area contributed by atoms with Gasteiger partial charge in [-0.1, -0.05) is 6.07 Å². The maximum atomic E-state index is 12.5. The number of hydrogen-bond donors (Lipinski definition) is 1. The van der Waals surface area contributed by atoms with Crippen molar-refractivity contribution in [3.8, 4) is 16.9 Å². The van der Waals surface area contributed by atoms with Crippen LogP contribution in [0.5, 0.6) is 5.75 Å². The van der Waals surface area contributed by atoms with Gasteiger partial charge in [-0.15, -0.1) is 0 Å². The second kappa shape index (κ2) is 8.44. The Morgan fingerprint density at radius 2 is 1.87 bits per heavy atom. The Morgan fingerprint density at radius 1 is 1.13 bits per heavy atom. The summed E-state index contributed by atoms with van der Waals surface area (Å²) in [4.78, 5) is 28.0. The number of esters is 1. The summed E-state index contributed by atoms with van der Waals surface area (Å²) in [5, 5.41) is 2.78. The number of carbonyl (C=O) groups excluding carboxylic acids is 2. The van der Waals surface area contributed by atoms with Crippen LogP contribution < -0.4 is 10.1 Å². The number of benzene rings is 1. The molecule has 1 N–H and O–H groups in total. The second-order valence-electron chi connectivity index (χ2n) is 7.88. The molecule has 1 aliphatic carbocycles. The summed E-state index contributed by atoms with van der Waals surface area (Å²) in [5.41, 5.74) is 1.95. The first-order chi connectivity index (χ1) is 14.4. The van der Waals surface area contributed by atoms with Crippen LogP contribution in [0.4, 0.5) is 5.82 Å². The molecule has 1 aromatic heterocycles. The minimum atomic E-state index is -1.04. The van der Waals surface area contributed by atoms with Crippen molar-refractivity contribution in [1.29, 1.82) is 0 Å². The lowest BCUT2D eigenvalue weighted by Gasteiger charge is -2.24. The zero-order valence-electron chi connectivity index (χ0n) is 17.3.